The zero-order valence-electron chi connectivity index (χ0n) is 18.2. The Morgan fingerprint density at radius 2 is 1.85 bits per heavy atom. The summed E-state index contributed by atoms with van der Waals surface area (Å²) in [5, 5.41) is 24.7. The summed E-state index contributed by atoms with van der Waals surface area (Å²) in [5.41, 5.74) is 0.0918. The van der Waals surface area contributed by atoms with E-state index in [1.165, 1.54) is 36.0 Å². The standard InChI is InChI=1S/C22H20N5O6S/c1-25-21-16(9-17(34-21)19(28)24-10-13-3-6-15(33-2)7-4-13)20(29)26(22(25)30)12-14-5-8-18(23-11-14)27(31)32/h3-9,11,23H,10,12H2,1-2H3,(H-,24,28,31,32)/q-1. The van der Waals surface area contributed by atoms with Crippen LogP contribution in [0.15, 0.2) is 58.3 Å². The van der Waals surface area contributed by atoms with Crippen LogP contribution in [0.25, 0.3) is 10.2 Å². The Kier molecular flexibility index (Phi) is 6.23. The summed E-state index contributed by atoms with van der Waals surface area (Å²) in [6, 6.07) is 11.5. The molecule has 0 aliphatic heterocycles. The number of ether oxygens (including phenoxy) is 1. The molecule has 11 nitrogen and oxygen atoms in total. The number of pyridine rings is 1. The largest absolute Gasteiger partial charge is 0.712 e. The van der Waals surface area contributed by atoms with Gasteiger partial charge < -0.3 is 20.5 Å². The molecule has 3 aromatic heterocycles. The highest BCUT2D eigenvalue weighted by Crippen LogP contribution is 2.22. The number of thiophene rings is 1. The molecule has 0 spiro atoms. The Morgan fingerprint density at radius 3 is 2.47 bits per heavy atom. The lowest BCUT2D eigenvalue weighted by Crippen LogP contribution is -2.39. The van der Waals surface area contributed by atoms with E-state index in [-0.39, 0.29) is 29.9 Å². The fraction of sp³-hybridized carbons (Fsp3) is 0.182. The Hall–Kier alpha value is -4.32. The first kappa shape index (κ1) is 22.9. The molecule has 12 heteroatoms. The van der Waals surface area contributed by atoms with Gasteiger partial charge in [-0.1, -0.05) is 12.1 Å². The van der Waals surface area contributed by atoms with E-state index in [0.29, 0.717) is 21.0 Å². The molecule has 3 heterocycles. The molecule has 0 aliphatic rings. The van der Waals surface area contributed by atoms with Crippen molar-refractivity contribution in [2.45, 2.75) is 13.1 Å². The predicted octanol–water partition coefficient (Wildman–Crippen LogP) is 0.844. The molecule has 1 amide bonds. The molecule has 176 valence electrons. The number of rotatable bonds is 6. The highest BCUT2D eigenvalue weighted by molar-refractivity contribution is 7.20. The number of H-pyrrole nitrogens is 1. The van der Waals surface area contributed by atoms with Gasteiger partial charge in [0.15, 0.2) is 0 Å². The van der Waals surface area contributed by atoms with Crippen LogP contribution in [0.5, 0.6) is 5.75 Å². The molecule has 0 aliphatic carbocycles. The monoisotopic (exact) mass is 482 g/mol. The van der Waals surface area contributed by atoms with Crippen molar-refractivity contribution in [2.75, 3.05) is 7.11 Å². The third kappa shape index (κ3) is 4.43. The lowest BCUT2D eigenvalue weighted by atomic mass is 10.2. The fourth-order valence-electron chi connectivity index (χ4n) is 3.39. The SMILES string of the molecule is COc1ccc(CNC(=O)c2cc3c(=O)n(Cc4ccc(=[N+]([O-])[O-])[nH]c4)c(=O)n(C)c3s2)cc1. The van der Waals surface area contributed by atoms with E-state index in [2.05, 4.69) is 10.3 Å². The average Bonchev–Trinajstić information content (AvgIpc) is 3.30. The van der Waals surface area contributed by atoms with Gasteiger partial charge >= 0.3 is 5.69 Å². The zero-order valence-corrected chi connectivity index (χ0v) is 19.0. The first-order chi connectivity index (χ1) is 16.3. The molecule has 4 rings (SSSR count). The van der Waals surface area contributed by atoms with Gasteiger partial charge in [-0.05, 0) is 29.8 Å². The summed E-state index contributed by atoms with van der Waals surface area (Å²) < 4.78 is 7.46. The van der Waals surface area contributed by atoms with Gasteiger partial charge in [0.25, 0.3) is 17.0 Å². The molecule has 4 aromatic rings. The Balaban J connectivity index is 1.61. The number of hydrogen-bond donors (Lipinski definition) is 2. The lowest BCUT2D eigenvalue weighted by Gasteiger charge is -2.10. The molecule has 1 aromatic carbocycles. The van der Waals surface area contributed by atoms with E-state index in [1.54, 1.807) is 19.2 Å². The maximum atomic E-state index is 13.1. The molecule has 0 bridgehead atoms. The van der Waals surface area contributed by atoms with Gasteiger partial charge in [0.05, 0.1) is 30.1 Å². The second kappa shape index (κ2) is 9.27. The number of carbonyl (C=O) groups is 1. The molecule has 0 saturated carbocycles. The molecule has 0 atom stereocenters. The Morgan fingerprint density at radius 1 is 1.15 bits per heavy atom. The van der Waals surface area contributed by atoms with Crippen molar-refractivity contribution >= 4 is 27.5 Å². The second-order valence-electron chi connectivity index (χ2n) is 7.43. The maximum Gasteiger partial charge on any atom is 0.332 e. The summed E-state index contributed by atoms with van der Waals surface area (Å²) in [6.07, 6.45) is 1.37. The molecule has 34 heavy (non-hydrogen) atoms. The summed E-state index contributed by atoms with van der Waals surface area (Å²) in [6.45, 7) is 0.210. The van der Waals surface area contributed by atoms with Crippen LogP contribution in [0.3, 0.4) is 0 Å². The van der Waals surface area contributed by atoms with Crippen molar-refractivity contribution in [1.82, 2.24) is 24.3 Å². The topological polar surface area (TPSA) is 147 Å². The number of aromatic nitrogens is 3. The van der Waals surface area contributed by atoms with Crippen LogP contribution in [0.4, 0.5) is 0 Å². The van der Waals surface area contributed by atoms with Crippen molar-refractivity contribution in [3.05, 3.63) is 101 Å². The molecular weight excluding hydrogens is 462 g/mol. The first-order valence-corrected chi connectivity index (χ1v) is 10.9. The van der Waals surface area contributed by atoms with E-state index in [4.69, 9.17) is 4.74 Å². The quantitative estimate of drug-likeness (QED) is 0.389. The van der Waals surface area contributed by atoms with E-state index in [0.717, 1.165) is 21.5 Å². The molecule has 0 saturated heterocycles. The van der Waals surface area contributed by atoms with Crippen molar-refractivity contribution < 1.29 is 9.53 Å². The van der Waals surface area contributed by atoms with Gasteiger partial charge in [0, 0.05) is 25.2 Å². The highest BCUT2D eigenvalue weighted by atomic mass is 32.1. The van der Waals surface area contributed by atoms with Gasteiger partial charge in [-0.25, -0.2) is 9.78 Å². The number of benzene rings is 1. The minimum absolute atomic E-state index is 0.0786. The molecule has 0 radical (unpaired) electrons. The number of fused-ring (bicyclic) bond motifs is 1. The van der Waals surface area contributed by atoms with E-state index in [9.17, 15) is 24.8 Å². The zero-order chi connectivity index (χ0) is 24.4. The summed E-state index contributed by atoms with van der Waals surface area (Å²) in [7, 11) is 3.10. The van der Waals surface area contributed by atoms with Crippen LogP contribution in [0, 0.1) is 10.4 Å². The van der Waals surface area contributed by atoms with Crippen LogP contribution in [0.1, 0.15) is 20.8 Å². The summed E-state index contributed by atoms with van der Waals surface area (Å²) in [4.78, 5) is 41.2. The molecule has 0 fully saturated rings. The predicted molar refractivity (Wildman–Crippen MR) is 127 cm³/mol. The van der Waals surface area contributed by atoms with Gasteiger partial charge in [0.1, 0.15) is 10.6 Å². The highest BCUT2D eigenvalue weighted by Gasteiger charge is 2.18. The van der Waals surface area contributed by atoms with Crippen LogP contribution < -0.4 is 31.7 Å². The molecule has 0 unspecified atom stereocenters. The normalized spacial score (nSPS) is 10.9. The number of hydrogen-bond acceptors (Lipinski definition) is 7. The van der Waals surface area contributed by atoms with E-state index < -0.39 is 16.2 Å². The van der Waals surface area contributed by atoms with Crippen LogP contribution in [-0.4, -0.2) is 27.1 Å². The van der Waals surface area contributed by atoms with Crippen molar-refractivity contribution in [3.63, 3.8) is 0 Å². The van der Waals surface area contributed by atoms with E-state index in [1.807, 2.05) is 12.1 Å². The molecular formula is C22H20N5O6S-. The van der Waals surface area contributed by atoms with Crippen molar-refractivity contribution in [2.24, 2.45) is 7.05 Å². The van der Waals surface area contributed by atoms with E-state index >= 15 is 0 Å². The number of aromatic amines is 1. The number of aryl methyl sites for hydroxylation is 1. The number of nitrogens with zero attached hydrogens (tertiary/aromatic N) is 3. The minimum Gasteiger partial charge on any atom is -0.712 e. The Labute approximate surface area is 196 Å². The number of amides is 1. The summed E-state index contributed by atoms with van der Waals surface area (Å²) in [5.74, 6) is 0.351. The van der Waals surface area contributed by atoms with Crippen LogP contribution in [-0.2, 0) is 20.1 Å². The van der Waals surface area contributed by atoms with Crippen molar-refractivity contribution in [1.29, 1.82) is 0 Å². The van der Waals surface area contributed by atoms with Gasteiger partial charge in [-0.2, -0.15) is 0 Å². The minimum atomic E-state index is -0.576. The third-order valence-corrected chi connectivity index (χ3v) is 6.45. The van der Waals surface area contributed by atoms with Crippen LogP contribution >= 0.6 is 11.3 Å². The summed E-state index contributed by atoms with van der Waals surface area (Å²) >= 11 is 1.06. The fourth-order valence-corrected chi connectivity index (χ4v) is 4.41. The third-order valence-electron chi connectivity index (χ3n) is 5.24. The van der Waals surface area contributed by atoms with Gasteiger partial charge in [-0.3, -0.25) is 23.6 Å². The Bertz CT molecular complexity index is 1540. The smallest absolute Gasteiger partial charge is 0.332 e. The second-order valence-corrected chi connectivity index (χ2v) is 8.46. The van der Waals surface area contributed by atoms with Gasteiger partial charge in [0.2, 0.25) is 0 Å². The lowest BCUT2D eigenvalue weighted by molar-refractivity contribution is 0.0955. The maximum absolute atomic E-state index is 13.1. The first-order valence-electron chi connectivity index (χ1n) is 10.1. The molecule has 2 N–H and O–H groups in total. The van der Waals surface area contributed by atoms with Crippen molar-refractivity contribution in [3.8, 4) is 5.75 Å². The van der Waals surface area contributed by atoms with Crippen LogP contribution in [0.2, 0.25) is 0 Å². The van der Waals surface area contributed by atoms with Gasteiger partial charge in [-0.15, -0.1) is 11.3 Å². The number of carbonyl (C=O) groups excluding carboxylic acids is 1. The average molecular weight is 482 g/mol. The number of methoxy groups -OCH3 is 1. The number of nitrogens with one attached hydrogen (secondary N) is 2.